The van der Waals surface area contributed by atoms with Gasteiger partial charge in [-0.15, -0.1) is 6.58 Å². The minimum Gasteiger partial charge on any atom is -0.481 e. The molecule has 1 atom stereocenters. The molecule has 0 rings (SSSR count). The van der Waals surface area contributed by atoms with E-state index < -0.39 is 5.97 Å². The highest BCUT2D eigenvalue weighted by Gasteiger charge is 2.11. The molecule has 0 aliphatic heterocycles. The van der Waals surface area contributed by atoms with Crippen molar-refractivity contribution in [1.29, 1.82) is 0 Å². The molecule has 0 saturated heterocycles. The van der Waals surface area contributed by atoms with E-state index in [0.29, 0.717) is 6.42 Å². The summed E-state index contributed by atoms with van der Waals surface area (Å²) in [5.74, 6) is -1.23. The second-order valence-corrected chi connectivity index (χ2v) is 12.9. The Hall–Kier alpha value is -1.58. The third-order valence-electron chi connectivity index (χ3n) is 8.67. The van der Waals surface area contributed by atoms with Crippen molar-refractivity contribution in [1.82, 2.24) is 0 Å². The lowest BCUT2D eigenvalue weighted by molar-refractivity contribution is -0.140. The van der Waals surface area contributed by atoms with Crippen LogP contribution in [0.4, 0.5) is 0 Å². The Morgan fingerprint density at radius 1 is 0.523 bits per heavy atom. The van der Waals surface area contributed by atoms with E-state index in [1.807, 2.05) is 0 Å². The first kappa shape index (κ1) is 44.5. The molecule has 0 fully saturated rings. The fourth-order valence-electron chi connectivity index (χ4n) is 5.69. The molecule has 0 aromatic rings. The molecule has 260 valence electrons. The molecular weight excluding hydrogens is 544 g/mol. The molecule has 44 heavy (non-hydrogen) atoms. The first-order valence-corrected chi connectivity index (χ1v) is 19.2. The van der Waals surface area contributed by atoms with Crippen LogP contribution in [-0.4, -0.2) is 17.0 Å². The lowest BCUT2D eigenvalue weighted by atomic mass is 10.00. The third kappa shape index (κ3) is 38.4. The average Bonchev–Trinajstić information content (AvgIpc) is 3.01. The SMILES string of the molecule is C=CC(CCCCCCCCCCCCCCCC)C(=O)O.C=COC(=O)CCCCCCCCCCCCCCCCC. The van der Waals surface area contributed by atoms with Crippen LogP contribution in [0.2, 0.25) is 0 Å². The largest absolute Gasteiger partial charge is 0.481 e. The summed E-state index contributed by atoms with van der Waals surface area (Å²) in [6.45, 7) is 11.5. The van der Waals surface area contributed by atoms with Gasteiger partial charge in [-0.25, -0.2) is 0 Å². The minimum absolute atomic E-state index is 0.148. The summed E-state index contributed by atoms with van der Waals surface area (Å²) in [4.78, 5) is 21.9. The smallest absolute Gasteiger partial charge is 0.310 e. The van der Waals surface area contributed by atoms with Crippen molar-refractivity contribution >= 4 is 11.9 Å². The molecule has 0 radical (unpaired) electrons. The van der Waals surface area contributed by atoms with Crippen LogP contribution in [0.25, 0.3) is 0 Å². The quantitative estimate of drug-likeness (QED) is 0.0336. The number of aliphatic carboxylic acids is 1. The van der Waals surface area contributed by atoms with Crippen LogP contribution < -0.4 is 0 Å². The number of carbonyl (C=O) groups excluding carboxylic acids is 1. The van der Waals surface area contributed by atoms with Gasteiger partial charge in [0.2, 0.25) is 0 Å². The van der Waals surface area contributed by atoms with Gasteiger partial charge in [-0.05, 0) is 12.8 Å². The van der Waals surface area contributed by atoms with Crippen LogP contribution in [0.5, 0.6) is 0 Å². The molecule has 0 aliphatic rings. The van der Waals surface area contributed by atoms with Crippen molar-refractivity contribution in [3.8, 4) is 0 Å². The van der Waals surface area contributed by atoms with Gasteiger partial charge in [-0.3, -0.25) is 9.59 Å². The minimum atomic E-state index is -0.732. The van der Waals surface area contributed by atoms with E-state index in [2.05, 4.69) is 31.7 Å². The van der Waals surface area contributed by atoms with Crippen molar-refractivity contribution in [2.24, 2.45) is 5.92 Å². The zero-order valence-electron chi connectivity index (χ0n) is 29.7. The van der Waals surface area contributed by atoms with Gasteiger partial charge in [-0.2, -0.15) is 0 Å². The molecule has 0 heterocycles. The first-order chi connectivity index (χ1) is 21.5. The summed E-state index contributed by atoms with van der Waals surface area (Å²) in [5, 5.41) is 8.91. The second-order valence-electron chi connectivity index (χ2n) is 12.9. The van der Waals surface area contributed by atoms with Gasteiger partial charge in [-0.1, -0.05) is 206 Å². The van der Waals surface area contributed by atoms with E-state index in [4.69, 9.17) is 5.11 Å². The van der Waals surface area contributed by atoms with E-state index in [-0.39, 0.29) is 11.9 Å². The van der Waals surface area contributed by atoms with Crippen molar-refractivity contribution in [3.05, 3.63) is 25.5 Å². The Labute approximate surface area is 275 Å². The number of carboxylic acids is 1. The van der Waals surface area contributed by atoms with Crippen LogP contribution in [0.15, 0.2) is 25.5 Å². The summed E-state index contributed by atoms with van der Waals surface area (Å²) in [6.07, 6.45) is 42.9. The molecule has 1 N–H and O–H groups in total. The van der Waals surface area contributed by atoms with E-state index in [0.717, 1.165) is 32.1 Å². The van der Waals surface area contributed by atoms with Gasteiger partial charge in [0.15, 0.2) is 0 Å². The zero-order chi connectivity index (χ0) is 32.8. The molecule has 0 aliphatic carbocycles. The van der Waals surface area contributed by atoms with Crippen molar-refractivity contribution in [2.75, 3.05) is 0 Å². The van der Waals surface area contributed by atoms with Crippen LogP contribution in [0.3, 0.4) is 0 Å². The fraction of sp³-hybridized carbons (Fsp3) is 0.850. The molecular formula is C40H76O4. The highest BCUT2D eigenvalue weighted by atomic mass is 16.5. The Balaban J connectivity index is 0. The monoisotopic (exact) mass is 621 g/mol. The predicted molar refractivity (Wildman–Crippen MR) is 192 cm³/mol. The standard InChI is InChI=1S/2C20H38O2/c1-3-5-6-7-8-9-10-11-12-13-14-15-16-17-18-19-20(21)22-4-2;1-3-5-6-7-8-9-10-11-12-13-14-15-16-17-18-19(4-2)20(21)22/h4H,2-3,5-19H2,1H3;4,19H,2-3,5-18H2,1H3,(H,21,22). The van der Waals surface area contributed by atoms with Gasteiger partial charge in [0.1, 0.15) is 0 Å². The molecule has 0 bridgehead atoms. The van der Waals surface area contributed by atoms with Gasteiger partial charge in [0, 0.05) is 6.42 Å². The lowest BCUT2D eigenvalue weighted by Crippen LogP contribution is -2.10. The number of ether oxygens (including phenoxy) is 1. The Morgan fingerprint density at radius 2 is 0.818 bits per heavy atom. The summed E-state index contributed by atoms with van der Waals surface area (Å²) >= 11 is 0. The maximum absolute atomic E-state index is 11.1. The van der Waals surface area contributed by atoms with Crippen molar-refractivity contribution < 1.29 is 19.4 Å². The molecule has 4 heteroatoms. The number of hydrogen-bond acceptors (Lipinski definition) is 3. The maximum Gasteiger partial charge on any atom is 0.310 e. The maximum atomic E-state index is 11.1. The number of hydrogen-bond donors (Lipinski definition) is 1. The fourth-order valence-corrected chi connectivity index (χ4v) is 5.69. The third-order valence-corrected chi connectivity index (χ3v) is 8.67. The number of carbonyl (C=O) groups is 2. The molecule has 0 saturated carbocycles. The van der Waals surface area contributed by atoms with Gasteiger partial charge < -0.3 is 9.84 Å². The van der Waals surface area contributed by atoms with E-state index in [9.17, 15) is 9.59 Å². The van der Waals surface area contributed by atoms with E-state index in [1.54, 1.807) is 6.08 Å². The number of carboxylic acid groups (broad SMARTS) is 1. The van der Waals surface area contributed by atoms with Gasteiger partial charge in [0.25, 0.3) is 0 Å². The van der Waals surface area contributed by atoms with Crippen LogP contribution in [0.1, 0.15) is 213 Å². The van der Waals surface area contributed by atoms with Gasteiger partial charge in [0.05, 0.1) is 12.2 Å². The molecule has 4 nitrogen and oxygen atoms in total. The lowest BCUT2D eigenvalue weighted by Gasteiger charge is -2.06. The molecule has 0 aromatic heterocycles. The van der Waals surface area contributed by atoms with Crippen molar-refractivity contribution in [2.45, 2.75) is 213 Å². The molecule has 1 unspecified atom stereocenters. The summed E-state index contributed by atoms with van der Waals surface area (Å²) in [7, 11) is 0. The van der Waals surface area contributed by atoms with E-state index in [1.165, 1.54) is 167 Å². The first-order valence-electron chi connectivity index (χ1n) is 19.2. The van der Waals surface area contributed by atoms with Crippen LogP contribution in [0, 0.1) is 5.92 Å². The van der Waals surface area contributed by atoms with Gasteiger partial charge >= 0.3 is 11.9 Å². The number of unbranched alkanes of at least 4 members (excludes halogenated alkanes) is 27. The highest BCUT2D eigenvalue weighted by Crippen LogP contribution is 2.16. The summed E-state index contributed by atoms with van der Waals surface area (Å²) in [5.41, 5.74) is 0. The number of rotatable bonds is 34. The van der Waals surface area contributed by atoms with Crippen LogP contribution in [-0.2, 0) is 14.3 Å². The second kappa shape index (κ2) is 39.4. The molecule has 0 aromatic carbocycles. The van der Waals surface area contributed by atoms with E-state index >= 15 is 0 Å². The predicted octanol–water partition coefficient (Wildman–Crippen LogP) is 13.7. The summed E-state index contributed by atoms with van der Waals surface area (Å²) < 4.78 is 4.69. The summed E-state index contributed by atoms with van der Waals surface area (Å²) in [6, 6.07) is 0. The number of esters is 1. The van der Waals surface area contributed by atoms with Crippen LogP contribution >= 0.6 is 0 Å². The molecule has 0 spiro atoms. The Morgan fingerprint density at radius 3 is 1.09 bits per heavy atom. The Kier molecular flexibility index (Phi) is 39.9. The Bertz CT molecular complexity index is 612. The zero-order valence-corrected chi connectivity index (χ0v) is 29.7. The normalized spacial score (nSPS) is 11.4. The van der Waals surface area contributed by atoms with Crippen molar-refractivity contribution in [3.63, 3.8) is 0 Å². The highest BCUT2D eigenvalue weighted by molar-refractivity contribution is 5.71. The average molecular weight is 621 g/mol. The molecule has 0 amide bonds. The topological polar surface area (TPSA) is 63.6 Å².